The maximum Gasteiger partial charge on any atom is 0.224 e. The molecule has 35 heavy (non-hydrogen) atoms. The molecule has 9 nitrogen and oxygen atoms in total. The first-order valence-electron chi connectivity index (χ1n) is 11.8. The molecule has 0 spiro atoms. The number of carbonyl (C=O) groups excluding carboxylic acids is 1. The van der Waals surface area contributed by atoms with E-state index < -0.39 is 0 Å². The number of anilines is 1. The van der Waals surface area contributed by atoms with Crippen molar-refractivity contribution in [3.8, 4) is 11.8 Å². The molecule has 10 heteroatoms. The van der Waals surface area contributed by atoms with Crippen LogP contribution in [-0.4, -0.2) is 43.2 Å². The zero-order valence-corrected chi connectivity index (χ0v) is 20.9. The molecule has 0 saturated heterocycles. The van der Waals surface area contributed by atoms with Gasteiger partial charge in [0.05, 0.1) is 22.2 Å². The Balaban J connectivity index is 1.40. The van der Waals surface area contributed by atoms with Crippen molar-refractivity contribution in [3.05, 3.63) is 46.8 Å². The summed E-state index contributed by atoms with van der Waals surface area (Å²) in [6.45, 7) is 2.85. The van der Waals surface area contributed by atoms with E-state index in [-0.39, 0.29) is 17.9 Å². The van der Waals surface area contributed by atoms with Crippen LogP contribution in [0.25, 0.3) is 27.6 Å². The second kappa shape index (κ2) is 9.96. The van der Waals surface area contributed by atoms with Crippen LogP contribution < -0.4 is 10.6 Å². The number of nitrogens with zero attached hydrogens (tertiary/aromatic N) is 6. The van der Waals surface area contributed by atoms with Gasteiger partial charge in [0.2, 0.25) is 11.9 Å². The summed E-state index contributed by atoms with van der Waals surface area (Å²) in [5, 5.41) is 22.3. The van der Waals surface area contributed by atoms with E-state index in [1.807, 2.05) is 18.2 Å². The lowest BCUT2D eigenvalue weighted by atomic mass is 10.1. The maximum atomic E-state index is 12.4. The number of benzene rings is 1. The number of nitriles is 1. The summed E-state index contributed by atoms with van der Waals surface area (Å²) < 4.78 is 2.33. The van der Waals surface area contributed by atoms with Crippen molar-refractivity contribution in [1.82, 2.24) is 30.0 Å². The number of aromatic nitrogens is 5. The summed E-state index contributed by atoms with van der Waals surface area (Å²) in [5.41, 5.74) is 2.46. The lowest BCUT2D eigenvalue weighted by Gasteiger charge is -2.14. The minimum absolute atomic E-state index is 0.0170. The van der Waals surface area contributed by atoms with Crippen LogP contribution in [0, 0.1) is 17.2 Å². The molecule has 1 fully saturated rings. The van der Waals surface area contributed by atoms with Gasteiger partial charge in [0, 0.05) is 36.3 Å². The second-order valence-electron chi connectivity index (χ2n) is 8.81. The molecule has 3 aromatic heterocycles. The highest BCUT2D eigenvalue weighted by Gasteiger charge is 2.30. The summed E-state index contributed by atoms with van der Waals surface area (Å²) in [6, 6.07) is 9.83. The number of hydrogen-bond acceptors (Lipinski definition) is 7. The Morgan fingerprint density at radius 2 is 2.20 bits per heavy atom. The third kappa shape index (κ3) is 4.68. The molecular formula is C25H25BrN8O. The van der Waals surface area contributed by atoms with Gasteiger partial charge in [0.15, 0.2) is 5.65 Å². The molecule has 0 radical (unpaired) electrons. The zero-order chi connectivity index (χ0) is 24.4. The Hall–Kier alpha value is -3.58. The molecular weight excluding hydrogens is 508 g/mol. The quantitative estimate of drug-likeness (QED) is 0.336. The van der Waals surface area contributed by atoms with Gasteiger partial charge in [-0.25, -0.2) is 9.67 Å². The predicted molar refractivity (Wildman–Crippen MR) is 137 cm³/mol. The molecule has 1 aromatic carbocycles. The molecule has 0 aliphatic heterocycles. The van der Waals surface area contributed by atoms with Crippen LogP contribution in [0.2, 0.25) is 0 Å². The summed E-state index contributed by atoms with van der Waals surface area (Å²) >= 11 is 3.51. The fourth-order valence-electron chi connectivity index (χ4n) is 4.57. The molecule has 1 amide bonds. The highest BCUT2D eigenvalue weighted by molar-refractivity contribution is 9.10. The SMILES string of the molecule is CCCCNC(=O)[C@@H]1CC[C@@H](Nc2ncc3c(Br)nn(-c4cc(C#N)c5ncccc5c4)c3n2)C1. The van der Waals surface area contributed by atoms with Gasteiger partial charge >= 0.3 is 0 Å². The van der Waals surface area contributed by atoms with E-state index in [1.165, 1.54) is 0 Å². The Morgan fingerprint density at radius 1 is 1.31 bits per heavy atom. The van der Waals surface area contributed by atoms with Crippen molar-refractivity contribution in [1.29, 1.82) is 5.26 Å². The van der Waals surface area contributed by atoms with E-state index in [2.05, 4.69) is 54.6 Å². The zero-order valence-electron chi connectivity index (χ0n) is 19.3. The Morgan fingerprint density at radius 3 is 3.03 bits per heavy atom. The molecule has 178 valence electrons. The Kier molecular flexibility index (Phi) is 6.59. The fourth-order valence-corrected chi connectivity index (χ4v) is 5.01. The van der Waals surface area contributed by atoms with E-state index in [1.54, 1.807) is 23.1 Å². The van der Waals surface area contributed by atoms with E-state index in [4.69, 9.17) is 4.98 Å². The van der Waals surface area contributed by atoms with Gasteiger partial charge in [-0.15, -0.1) is 0 Å². The molecule has 4 aromatic rings. The number of unbranched alkanes of at least 4 members (excludes halogenated alkanes) is 1. The van der Waals surface area contributed by atoms with E-state index in [0.29, 0.717) is 33.0 Å². The van der Waals surface area contributed by atoms with Crippen molar-refractivity contribution in [2.75, 3.05) is 11.9 Å². The maximum absolute atomic E-state index is 12.4. The molecule has 0 unspecified atom stereocenters. The van der Waals surface area contributed by atoms with Crippen molar-refractivity contribution in [3.63, 3.8) is 0 Å². The first kappa shape index (κ1) is 23.2. The van der Waals surface area contributed by atoms with Gasteiger partial charge in [-0.05, 0) is 59.8 Å². The summed E-state index contributed by atoms with van der Waals surface area (Å²) in [5.74, 6) is 0.648. The highest BCUT2D eigenvalue weighted by Crippen LogP contribution is 2.30. The van der Waals surface area contributed by atoms with E-state index in [9.17, 15) is 10.1 Å². The Bertz CT molecular complexity index is 1440. The van der Waals surface area contributed by atoms with Crippen molar-refractivity contribution in [2.45, 2.75) is 45.1 Å². The van der Waals surface area contributed by atoms with E-state index >= 15 is 0 Å². The monoisotopic (exact) mass is 532 g/mol. The average Bonchev–Trinajstić information content (AvgIpc) is 3.48. The van der Waals surface area contributed by atoms with Crippen LogP contribution in [0.4, 0.5) is 5.95 Å². The summed E-state index contributed by atoms with van der Waals surface area (Å²) in [4.78, 5) is 26.0. The third-order valence-corrected chi connectivity index (χ3v) is 6.99. The molecule has 3 heterocycles. The summed E-state index contributed by atoms with van der Waals surface area (Å²) in [6.07, 6.45) is 7.97. The number of halogens is 1. The van der Waals surface area contributed by atoms with Crippen molar-refractivity contribution in [2.24, 2.45) is 5.92 Å². The third-order valence-electron chi connectivity index (χ3n) is 6.40. The molecule has 1 saturated carbocycles. The van der Waals surface area contributed by atoms with Crippen LogP contribution in [0.15, 0.2) is 41.3 Å². The van der Waals surface area contributed by atoms with Gasteiger partial charge in [-0.1, -0.05) is 19.4 Å². The van der Waals surface area contributed by atoms with Crippen LogP contribution in [0.3, 0.4) is 0 Å². The first-order valence-corrected chi connectivity index (χ1v) is 12.6. The lowest BCUT2D eigenvalue weighted by Crippen LogP contribution is -2.31. The average molecular weight is 533 g/mol. The van der Waals surface area contributed by atoms with Crippen LogP contribution >= 0.6 is 15.9 Å². The smallest absolute Gasteiger partial charge is 0.224 e. The molecule has 2 atom stereocenters. The highest BCUT2D eigenvalue weighted by atomic mass is 79.9. The minimum Gasteiger partial charge on any atom is -0.356 e. The van der Waals surface area contributed by atoms with Crippen LogP contribution in [0.1, 0.15) is 44.6 Å². The number of carbonyl (C=O) groups is 1. The Labute approximate surface area is 211 Å². The van der Waals surface area contributed by atoms with Crippen LogP contribution in [-0.2, 0) is 4.79 Å². The molecule has 0 bridgehead atoms. The second-order valence-corrected chi connectivity index (χ2v) is 9.56. The number of fused-ring (bicyclic) bond motifs is 2. The molecule has 1 aliphatic rings. The van der Waals surface area contributed by atoms with Gasteiger partial charge in [-0.3, -0.25) is 9.78 Å². The van der Waals surface area contributed by atoms with E-state index in [0.717, 1.165) is 49.4 Å². The van der Waals surface area contributed by atoms with Gasteiger partial charge in [-0.2, -0.15) is 15.3 Å². The fraction of sp³-hybridized carbons (Fsp3) is 0.360. The summed E-state index contributed by atoms with van der Waals surface area (Å²) in [7, 11) is 0. The van der Waals surface area contributed by atoms with Gasteiger partial charge < -0.3 is 10.6 Å². The normalized spacial score (nSPS) is 17.5. The molecule has 5 rings (SSSR count). The van der Waals surface area contributed by atoms with Gasteiger partial charge in [0.1, 0.15) is 10.7 Å². The number of nitrogens with one attached hydrogen (secondary N) is 2. The largest absolute Gasteiger partial charge is 0.356 e. The van der Waals surface area contributed by atoms with Crippen LogP contribution in [0.5, 0.6) is 0 Å². The minimum atomic E-state index is 0.0170. The molecule has 2 N–H and O–H groups in total. The number of amides is 1. The number of pyridine rings is 1. The first-order chi connectivity index (χ1) is 17.1. The standard InChI is InChI=1S/C25H25BrN8O/c1-2-3-8-29-24(35)16-6-7-18(10-16)31-25-30-14-20-22(26)33-34(23(20)32-25)19-11-15-5-4-9-28-21(15)17(12-19)13-27/h4-5,9,11-12,14,16,18H,2-3,6-8,10H2,1H3,(H,29,35)(H,30,31,32)/t16-,18-/m1/s1. The topological polar surface area (TPSA) is 121 Å². The van der Waals surface area contributed by atoms with Crippen molar-refractivity contribution >= 4 is 49.7 Å². The van der Waals surface area contributed by atoms with Gasteiger partial charge in [0.25, 0.3) is 0 Å². The molecule has 1 aliphatic carbocycles. The number of rotatable bonds is 7. The van der Waals surface area contributed by atoms with Crippen molar-refractivity contribution < 1.29 is 4.79 Å². The lowest BCUT2D eigenvalue weighted by molar-refractivity contribution is -0.124. The number of hydrogen-bond donors (Lipinski definition) is 2. The predicted octanol–water partition coefficient (Wildman–Crippen LogP) is 4.49.